The summed E-state index contributed by atoms with van der Waals surface area (Å²) in [5.74, 6) is 1.93. The fraction of sp³-hybridized carbons (Fsp3) is 0.471. The molecular weight excluding hydrogens is 380 g/mol. The third-order valence-corrected chi connectivity index (χ3v) is 5.50. The number of imidazole rings is 1. The van der Waals surface area contributed by atoms with Crippen molar-refractivity contribution in [2.45, 2.75) is 0 Å². The van der Waals surface area contributed by atoms with Gasteiger partial charge in [0, 0.05) is 44.0 Å². The van der Waals surface area contributed by atoms with Crippen LogP contribution in [0.3, 0.4) is 0 Å². The predicted molar refractivity (Wildman–Crippen MR) is 104 cm³/mol. The molecule has 0 atom stereocenters. The lowest BCUT2D eigenvalue weighted by Crippen LogP contribution is -2.40. The second-order valence-corrected chi connectivity index (χ2v) is 7.28. The largest absolute Gasteiger partial charge is 0.378 e. The van der Waals surface area contributed by atoms with Gasteiger partial charge in [-0.15, -0.1) is 11.3 Å². The first-order valence-electron chi connectivity index (χ1n) is 9.22. The number of nitrogens with zero attached hydrogens (tertiary/aromatic N) is 8. The summed E-state index contributed by atoms with van der Waals surface area (Å²) in [5, 5.41) is 2.80. The highest BCUT2D eigenvalue weighted by Gasteiger charge is 2.22. The predicted octanol–water partition coefficient (Wildman–Crippen LogP) is 0.854. The number of hydrogen-bond donors (Lipinski definition) is 0. The molecule has 0 N–H and O–H groups in total. The molecule has 3 aromatic rings. The van der Waals surface area contributed by atoms with E-state index in [1.807, 2.05) is 16.1 Å². The van der Waals surface area contributed by atoms with E-state index >= 15 is 0 Å². The minimum Gasteiger partial charge on any atom is -0.378 e. The molecule has 2 saturated heterocycles. The summed E-state index contributed by atoms with van der Waals surface area (Å²) in [4.78, 5) is 27.3. The fourth-order valence-corrected chi connectivity index (χ4v) is 3.89. The normalized spacial score (nSPS) is 17.9. The highest BCUT2D eigenvalue weighted by atomic mass is 32.1. The first-order chi connectivity index (χ1) is 13.9. The second-order valence-electron chi connectivity index (χ2n) is 6.44. The van der Waals surface area contributed by atoms with Crippen LogP contribution in [0.15, 0.2) is 24.1 Å². The Bertz CT molecular complexity index is 883. The summed E-state index contributed by atoms with van der Waals surface area (Å²) in [6.45, 7) is 5.77. The van der Waals surface area contributed by atoms with Gasteiger partial charge in [-0.05, 0) is 0 Å². The van der Waals surface area contributed by atoms with Crippen molar-refractivity contribution >= 4 is 23.2 Å². The van der Waals surface area contributed by atoms with Gasteiger partial charge in [0.15, 0.2) is 11.0 Å². The average molecular weight is 400 g/mol. The molecule has 0 bridgehead atoms. The number of thiazole rings is 1. The van der Waals surface area contributed by atoms with Gasteiger partial charge in [-0.2, -0.15) is 15.0 Å². The van der Waals surface area contributed by atoms with Crippen LogP contribution in [0.5, 0.6) is 0 Å². The van der Waals surface area contributed by atoms with Crippen LogP contribution < -0.4 is 9.80 Å². The first kappa shape index (κ1) is 17.5. The average Bonchev–Trinajstić information content (AvgIpc) is 3.47. The smallest absolute Gasteiger partial charge is 0.230 e. The lowest BCUT2D eigenvalue weighted by atomic mass is 10.4. The van der Waals surface area contributed by atoms with E-state index < -0.39 is 0 Å². The SMILES string of the molecule is c1cn(-c2nc(-c3nc(N4CCOCC4)nc(N4CCOCC4)n3)cs2)cn1. The molecule has 0 unspecified atom stereocenters. The zero-order valence-corrected chi connectivity index (χ0v) is 16.1. The topological polar surface area (TPSA) is 94.3 Å². The molecule has 5 rings (SSSR count). The summed E-state index contributed by atoms with van der Waals surface area (Å²) in [5.41, 5.74) is 0.736. The third kappa shape index (κ3) is 3.55. The molecule has 146 valence electrons. The molecule has 0 radical (unpaired) electrons. The Labute approximate surface area is 165 Å². The zero-order valence-electron chi connectivity index (χ0n) is 15.3. The number of rotatable bonds is 4. The molecule has 5 heterocycles. The van der Waals surface area contributed by atoms with Gasteiger partial charge in [0.2, 0.25) is 11.9 Å². The Morgan fingerprint density at radius 2 is 1.46 bits per heavy atom. The van der Waals surface area contributed by atoms with Gasteiger partial charge in [-0.3, -0.25) is 4.57 Å². The Kier molecular flexibility index (Phi) is 4.85. The van der Waals surface area contributed by atoms with Crippen LogP contribution in [-0.4, -0.2) is 82.1 Å². The third-order valence-electron chi connectivity index (χ3n) is 4.65. The van der Waals surface area contributed by atoms with E-state index in [1.165, 1.54) is 11.3 Å². The lowest BCUT2D eigenvalue weighted by Gasteiger charge is -2.30. The number of hydrogen-bond acceptors (Lipinski definition) is 10. The summed E-state index contributed by atoms with van der Waals surface area (Å²) >= 11 is 1.53. The first-order valence-corrected chi connectivity index (χ1v) is 10.1. The summed E-state index contributed by atoms with van der Waals surface area (Å²) in [6.07, 6.45) is 5.33. The maximum Gasteiger partial charge on any atom is 0.230 e. The molecule has 28 heavy (non-hydrogen) atoms. The van der Waals surface area contributed by atoms with Crippen LogP contribution in [-0.2, 0) is 9.47 Å². The van der Waals surface area contributed by atoms with Gasteiger partial charge in [-0.25, -0.2) is 9.97 Å². The van der Waals surface area contributed by atoms with E-state index in [0.717, 1.165) is 37.0 Å². The van der Waals surface area contributed by atoms with Crippen LogP contribution in [0.2, 0.25) is 0 Å². The van der Waals surface area contributed by atoms with Crippen LogP contribution >= 0.6 is 11.3 Å². The van der Waals surface area contributed by atoms with E-state index in [0.29, 0.717) is 44.1 Å². The Morgan fingerprint density at radius 3 is 2.04 bits per heavy atom. The number of anilines is 2. The molecule has 11 heteroatoms. The molecule has 2 aliphatic heterocycles. The van der Waals surface area contributed by atoms with E-state index in [-0.39, 0.29) is 0 Å². The maximum atomic E-state index is 5.47. The van der Waals surface area contributed by atoms with Crippen LogP contribution in [0.25, 0.3) is 16.6 Å². The fourth-order valence-electron chi connectivity index (χ4n) is 3.14. The Morgan fingerprint density at radius 1 is 0.821 bits per heavy atom. The molecule has 2 aliphatic rings. The zero-order chi connectivity index (χ0) is 18.8. The van der Waals surface area contributed by atoms with E-state index in [2.05, 4.69) is 14.8 Å². The molecule has 0 spiro atoms. The van der Waals surface area contributed by atoms with Crippen LogP contribution in [0.4, 0.5) is 11.9 Å². The molecule has 0 saturated carbocycles. The monoisotopic (exact) mass is 400 g/mol. The van der Waals surface area contributed by atoms with Crippen LogP contribution in [0.1, 0.15) is 0 Å². The Balaban J connectivity index is 1.52. The number of aromatic nitrogens is 6. The molecule has 0 amide bonds. The molecular formula is C17H20N8O2S. The minimum atomic E-state index is 0.584. The van der Waals surface area contributed by atoms with Crippen molar-refractivity contribution in [3.63, 3.8) is 0 Å². The summed E-state index contributed by atoms with van der Waals surface area (Å²) < 4.78 is 12.8. The summed E-state index contributed by atoms with van der Waals surface area (Å²) in [7, 11) is 0. The Hall–Kier alpha value is -2.63. The maximum absolute atomic E-state index is 5.47. The molecule has 2 fully saturated rings. The van der Waals surface area contributed by atoms with Crippen molar-refractivity contribution in [3.8, 4) is 16.6 Å². The van der Waals surface area contributed by atoms with Gasteiger partial charge in [0.25, 0.3) is 0 Å². The van der Waals surface area contributed by atoms with E-state index in [1.54, 1.807) is 12.5 Å². The minimum absolute atomic E-state index is 0.584. The van der Waals surface area contributed by atoms with Gasteiger partial charge in [0.05, 0.1) is 26.4 Å². The lowest BCUT2D eigenvalue weighted by molar-refractivity contribution is 0.121. The van der Waals surface area contributed by atoms with Gasteiger partial charge >= 0.3 is 0 Å². The second kappa shape index (κ2) is 7.78. The van der Waals surface area contributed by atoms with Crippen molar-refractivity contribution in [1.82, 2.24) is 29.5 Å². The number of ether oxygens (including phenoxy) is 2. The van der Waals surface area contributed by atoms with E-state index in [9.17, 15) is 0 Å². The molecule has 10 nitrogen and oxygen atoms in total. The molecule has 0 aliphatic carbocycles. The quantitative estimate of drug-likeness (QED) is 0.632. The molecule has 3 aromatic heterocycles. The highest BCUT2D eigenvalue weighted by molar-refractivity contribution is 7.12. The van der Waals surface area contributed by atoms with Crippen molar-refractivity contribution in [2.75, 3.05) is 62.4 Å². The van der Waals surface area contributed by atoms with Gasteiger partial charge in [-0.1, -0.05) is 0 Å². The van der Waals surface area contributed by atoms with Gasteiger partial charge < -0.3 is 19.3 Å². The van der Waals surface area contributed by atoms with E-state index in [4.69, 9.17) is 29.4 Å². The van der Waals surface area contributed by atoms with Crippen molar-refractivity contribution < 1.29 is 9.47 Å². The highest BCUT2D eigenvalue weighted by Crippen LogP contribution is 2.25. The van der Waals surface area contributed by atoms with Crippen molar-refractivity contribution in [1.29, 1.82) is 0 Å². The van der Waals surface area contributed by atoms with Crippen molar-refractivity contribution in [2.24, 2.45) is 0 Å². The summed E-state index contributed by atoms with van der Waals surface area (Å²) in [6, 6.07) is 0. The standard InChI is InChI=1S/C17H20N8O2S/c1-2-25(12-18-1)17-19-13(11-28-17)14-20-15(23-3-7-26-8-4-23)22-16(21-14)24-5-9-27-10-6-24/h1-2,11-12H,3-10H2. The van der Waals surface area contributed by atoms with Crippen molar-refractivity contribution in [3.05, 3.63) is 24.1 Å². The van der Waals surface area contributed by atoms with Gasteiger partial charge in [0.1, 0.15) is 12.0 Å². The molecule has 0 aromatic carbocycles. The number of morpholine rings is 2. The van der Waals surface area contributed by atoms with Crippen LogP contribution in [0, 0.1) is 0 Å².